The second-order valence-corrected chi connectivity index (χ2v) is 31.3. The van der Waals surface area contributed by atoms with E-state index in [0.717, 1.165) is 0 Å². The Balaban J connectivity index is 0.00000112. The summed E-state index contributed by atoms with van der Waals surface area (Å²) in [6.45, 7) is 5.11. The number of hydrogen-bond acceptors (Lipinski definition) is 0. The van der Waals surface area contributed by atoms with Crippen LogP contribution in [0.1, 0.15) is 15.7 Å². The quantitative estimate of drug-likeness (QED) is 0.668. The van der Waals surface area contributed by atoms with E-state index in [4.69, 9.17) is 0 Å². The van der Waals surface area contributed by atoms with Gasteiger partial charge in [-0.3, -0.25) is 0 Å². The zero-order chi connectivity index (χ0) is 9.97. The molecule has 0 fully saturated rings. The van der Waals surface area contributed by atoms with E-state index in [1.54, 1.807) is 0 Å². The molecule has 2 heteroatoms. The monoisotopic (exact) mass is 371 g/mol. The molecular formula is C12H19HfSi. The van der Waals surface area contributed by atoms with E-state index in [-0.39, 0.29) is 2.85 Å². The van der Waals surface area contributed by atoms with Crippen LogP contribution in [-0.2, 0) is 20.6 Å². The van der Waals surface area contributed by atoms with Gasteiger partial charge in [0.25, 0.3) is 0 Å². The largest absolute Gasteiger partial charge is 1.00 e. The zero-order valence-electron chi connectivity index (χ0n) is 11.0. The molecule has 0 atom stereocenters. The van der Waals surface area contributed by atoms with Gasteiger partial charge in [-0.1, -0.05) is 0 Å². The Morgan fingerprint density at radius 2 is 1.57 bits per heavy atom. The van der Waals surface area contributed by atoms with Gasteiger partial charge < -0.3 is 2.85 Å². The first-order valence-corrected chi connectivity index (χ1v) is 18.1. The van der Waals surface area contributed by atoms with Crippen molar-refractivity contribution in [3.8, 4) is 0 Å². The molecule has 14 heavy (non-hydrogen) atoms. The van der Waals surface area contributed by atoms with Crippen molar-refractivity contribution in [2.45, 2.75) is 25.9 Å². The maximum absolute atomic E-state index is 2.56. The summed E-state index contributed by atoms with van der Waals surface area (Å²) in [6.07, 6.45) is 16.6. The van der Waals surface area contributed by atoms with Crippen molar-refractivity contribution >= 4 is 5.98 Å². The van der Waals surface area contributed by atoms with Gasteiger partial charge in [0, 0.05) is 0 Å². The molecule has 0 aromatic carbocycles. The van der Waals surface area contributed by atoms with Crippen LogP contribution >= 0.6 is 0 Å². The number of hydrogen-bond donors (Lipinski definition) is 0. The van der Waals surface area contributed by atoms with Crippen LogP contribution in [0.4, 0.5) is 0 Å². The normalized spacial score (nSPS) is 19.1. The molecule has 0 aliphatic heterocycles. The van der Waals surface area contributed by atoms with Crippen LogP contribution in [0.15, 0.2) is 43.1 Å². The molecule has 0 amide bonds. The molecule has 0 N–H and O–H groups in total. The molecule has 0 saturated heterocycles. The molecule has 0 bridgehead atoms. The third kappa shape index (κ3) is 2.17. The molecule has 0 aromatic heterocycles. The summed E-state index contributed by atoms with van der Waals surface area (Å²) in [4.78, 5) is 0. The Bertz CT molecular complexity index is 313. The minimum atomic E-state index is -1.47. The Morgan fingerprint density at radius 3 is 1.86 bits per heavy atom. The zero-order valence-corrected chi connectivity index (χ0v) is 13.7. The van der Waals surface area contributed by atoms with E-state index in [0.29, 0.717) is 0 Å². The van der Waals surface area contributed by atoms with Crippen LogP contribution in [0.3, 0.4) is 0 Å². The Hall–Kier alpha value is 0.0470. The van der Waals surface area contributed by atoms with Crippen molar-refractivity contribution in [2.75, 3.05) is 0 Å². The van der Waals surface area contributed by atoms with E-state index in [1.165, 1.54) is 12.8 Å². The van der Waals surface area contributed by atoms with Gasteiger partial charge in [-0.2, -0.15) is 0 Å². The molecule has 0 nitrogen and oxygen atoms in total. The molecule has 2 aliphatic rings. The Morgan fingerprint density at radius 1 is 1.07 bits per heavy atom. The van der Waals surface area contributed by atoms with Gasteiger partial charge >= 0.3 is 95.6 Å². The summed E-state index contributed by atoms with van der Waals surface area (Å²) >= 11 is -1.47. The van der Waals surface area contributed by atoms with Crippen molar-refractivity contribution in [3.63, 3.8) is 0 Å². The van der Waals surface area contributed by atoms with E-state index in [2.05, 4.69) is 49.6 Å². The van der Waals surface area contributed by atoms with E-state index >= 15 is 0 Å². The molecule has 0 spiro atoms. The maximum Gasteiger partial charge on any atom is -1.00 e. The maximum atomic E-state index is 2.56. The van der Waals surface area contributed by atoms with Crippen LogP contribution in [0.25, 0.3) is 0 Å². The second-order valence-electron chi connectivity index (χ2n) is 4.22. The second kappa shape index (κ2) is 4.71. The molecule has 2 rings (SSSR count). The fourth-order valence-corrected chi connectivity index (χ4v) is 29.1. The molecule has 0 heterocycles. The van der Waals surface area contributed by atoms with Crippen LogP contribution in [0, 0.1) is 0 Å². The van der Waals surface area contributed by atoms with Gasteiger partial charge in [0.05, 0.1) is 0 Å². The fourth-order valence-electron chi connectivity index (χ4n) is 2.24. The summed E-state index contributed by atoms with van der Waals surface area (Å²) in [7, 11) is 0. The van der Waals surface area contributed by atoms with Crippen molar-refractivity contribution in [1.82, 2.24) is 0 Å². The SMILES string of the molecule is C[SiH](C)[Hf+2]([C]1=CC=CC1)[C]1=CC=CC1.[H-].[H-]. The predicted molar refractivity (Wildman–Crippen MR) is 64.8 cm³/mol. The topological polar surface area (TPSA) is 0 Å². The minimum Gasteiger partial charge on any atom is -1.00 e. The summed E-state index contributed by atoms with van der Waals surface area (Å²) < 4.78 is 3.73. The third-order valence-electron chi connectivity index (χ3n) is 2.81. The van der Waals surface area contributed by atoms with Crippen molar-refractivity contribution < 1.29 is 23.5 Å². The Kier molecular flexibility index (Phi) is 3.55. The first kappa shape index (κ1) is 10.6. The van der Waals surface area contributed by atoms with Crippen LogP contribution in [0.5, 0.6) is 0 Å². The fraction of sp³-hybridized carbons (Fsp3) is 0.333. The molecule has 2 aliphatic carbocycles. The van der Waals surface area contributed by atoms with Crippen LogP contribution in [-0.4, -0.2) is 5.98 Å². The first-order valence-electron chi connectivity index (χ1n) is 5.38. The summed E-state index contributed by atoms with van der Waals surface area (Å²) in [5.41, 5.74) is 0. The third-order valence-corrected chi connectivity index (χ3v) is 30.1. The van der Waals surface area contributed by atoms with Crippen molar-refractivity contribution in [1.29, 1.82) is 0 Å². The smallest absolute Gasteiger partial charge is 1.00 e. The van der Waals surface area contributed by atoms with E-state index in [1.807, 2.05) is 6.66 Å². The number of allylic oxidation sites excluding steroid dienone is 8. The van der Waals surface area contributed by atoms with Gasteiger partial charge in [-0.05, 0) is 0 Å². The molecular weight excluding hydrogens is 351 g/mol. The Labute approximate surface area is 98.2 Å². The van der Waals surface area contributed by atoms with E-state index < -0.39 is 26.6 Å². The summed E-state index contributed by atoms with van der Waals surface area (Å²) in [5.74, 6) is -0.395. The average Bonchev–Trinajstić information content (AvgIpc) is 2.75. The molecule has 0 unspecified atom stereocenters. The van der Waals surface area contributed by atoms with Gasteiger partial charge in [0.2, 0.25) is 0 Å². The first-order chi connectivity index (χ1) is 6.79. The summed E-state index contributed by atoms with van der Waals surface area (Å²) in [6, 6.07) is 0. The molecule has 75 valence electrons. The van der Waals surface area contributed by atoms with Gasteiger partial charge in [-0.15, -0.1) is 0 Å². The van der Waals surface area contributed by atoms with Gasteiger partial charge in [0.1, 0.15) is 0 Å². The standard InChI is InChI=1S/2C5H5.C2H7Si.Hf.2H/c2*1-2-4-5-3-1;1-3-2;;;/h2*1-3H,4H2;3H,1-2H3;;;/q;;;+2;2*-1. The average molecular weight is 370 g/mol. The van der Waals surface area contributed by atoms with Crippen molar-refractivity contribution in [2.24, 2.45) is 0 Å². The van der Waals surface area contributed by atoms with Crippen molar-refractivity contribution in [3.05, 3.63) is 43.1 Å². The predicted octanol–water partition coefficient (Wildman–Crippen LogP) is 3.50. The van der Waals surface area contributed by atoms with Crippen LogP contribution < -0.4 is 0 Å². The molecule has 0 aromatic rings. The van der Waals surface area contributed by atoms with E-state index in [9.17, 15) is 0 Å². The van der Waals surface area contributed by atoms with Gasteiger partial charge in [0.15, 0.2) is 0 Å². The van der Waals surface area contributed by atoms with Gasteiger partial charge in [-0.25, -0.2) is 0 Å². The number of rotatable bonds is 3. The molecule has 0 radical (unpaired) electrons. The molecule has 0 saturated carbocycles. The van der Waals surface area contributed by atoms with Crippen LogP contribution in [0.2, 0.25) is 13.1 Å². The minimum absolute atomic E-state index is 0. The summed E-state index contributed by atoms with van der Waals surface area (Å²) in [5, 5.41) is 0.